The molecule has 124 valence electrons. The number of rotatable bonds is 6. The van der Waals surface area contributed by atoms with Gasteiger partial charge in [0.1, 0.15) is 0 Å². The van der Waals surface area contributed by atoms with Crippen molar-refractivity contribution in [1.29, 1.82) is 0 Å². The highest BCUT2D eigenvalue weighted by Crippen LogP contribution is 2.22. The molecule has 0 fully saturated rings. The van der Waals surface area contributed by atoms with E-state index in [0.29, 0.717) is 5.92 Å². The van der Waals surface area contributed by atoms with E-state index in [1.165, 1.54) is 0 Å². The molecule has 0 aliphatic heterocycles. The summed E-state index contributed by atoms with van der Waals surface area (Å²) in [6.45, 7) is 10.3. The topological polar surface area (TPSA) is 46.9 Å². The first-order valence-corrected chi connectivity index (χ1v) is 8.41. The summed E-state index contributed by atoms with van der Waals surface area (Å²) < 4.78 is 1.92. The van der Waals surface area contributed by atoms with Gasteiger partial charge in [-0.2, -0.15) is 5.10 Å². The van der Waals surface area contributed by atoms with Crippen molar-refractivity contribution in [1.82, 2.24) is 15.1 Å². The first kappa shape index (κ1) is 17.3. The molecule has 1 aromatic carbocycles. The summed E-state index contributed by atoms with van der Waals surface area (Å²) >= 11 is 0. The molecule has 0 aliphatic rings. The zero-order chi connectivity index (χ0) is 17.0. The van der Waals surface area contributed by atoms with Gasteiger partial charge in [0.15, 0.2) is 0 Å². The summed E-state index contributed by atoms with van der Waals surface area (Å²) in [6.07, 6.45) is 1.56. The van der Waals surface area contributed by atoms with Gasteiger partial charge in [0.05, 0.1) is 22.6 Å². The molecule has 4 nitrogen and oxygen atoms in total. The van der Waals surface area contributed by atoms with Crippen LogP contribution in [0.1, 0.15) is 56.4 Å². The number of carbonyl (C=O) groups excluding carboxylic acids is 1. The van der Waals surface area contributed by atoms with E-state index in [2.05, 4.69) is 26.1 Å². The Labute approximate surface area is 138 Å². The standard InChI is InChI=1S/C19H27N3O/c1-6-17-18(19(23)20-14(4)5)16(12-13(2)3)21-22(17)15-10-8-7-9-11-15/h7-11,13-14H,6,12H2,1-5H3,(H,20,23). The lowest BCUT2D eigenvalue weighted by molar-refractivity contribution is 0.0941. The van der Waals surface area contributed by atoms with Crippen LogP contribution in [0.3, 0.4) is 0 Å². The first-order valence-electron chi connectivity index (χ1n) is 8.41. The van der Waals surface area contributed by atoms with Gasteiger partial charge in [0, 0.05) is 6.04 Å². The number of carbonyl (C=O) groups is 1. The van der Waals surface area contributed by atoms with Crippen molar-refractivity contribution in [2.75, 3.05) is 0 Å². The van der Waals surface area contributed by atoms with Crippen molar-refractivity contribution >= 4 is 5.91 Å². The van der Waals surface area contributed by atoms with Gasteiger partial charge in [-0.05, 0) is 44.7 Å². The molecule has 0 unspecified atom stereocenters. The molecular formula is C19H27N3O. The Bertz CT molecular complexity index is 657. The molecule has 0 atom stereocenters. The van der Waals surface area contributed by atoms with E-state index in [4.69, 9.17) is 5.10 Å². The highest BCUT2D eigenvalue weighted by Gasteiger charge is 2.24. The van der Waals surface area contributed by atoms with E-state index in [9.17, 15) is 4.79 Å². The SMILES string of the molecule is CCc1c(C(=O)NC(C)C)c(CC(C)C)nn1-c1ccccc1. The lowest BCUT2D eigenvalue weighted by Crippen LogP contribution is -2.31. The number of hydrogen-bond acceptors (Lipinski definition) is 2. The Balaban J connectivity index is 2.57. The van der Waals surface area contributed by atoms with E-state index in [-0.39, 0.29) is 11.9 Å². The van der Waals surface area contributed by atoms with Crippen molar-refractivity contribution in [2.24, 2.45) is 5.92 Å². The molecule has 0 aliphatic carbocycles. The normalized spacial score (nSPS) is 11.3. The number of amides is 1. The summed E-state index contributed by atoms with van der Waals surface area (Å²) in [5, 5.41) is 7.80. The van der Waals surface area contributed by atoms with Gasteiger partial charge < -0.3 is 5.32 Å². The zero-order valence-electron chi connectivity index (χ0n) is 14.8. The number of benzene rings is 1. The van der Waals surface area contributed by atoms with Gasteiger partial charge >= 0.3 is 0 Å². The average Bonchev–Trinajstić information content (AvgIpc) is 2.85. The molecule has 0 saturated carbocycles. The highest BCUT2D eigenvalue weighted by atomic mass is 16.1. The number of nitrogens with one attached hydrogen (secondary N) is 1. The summed E-state index contributed by atoms with van der Waals surface area (Å²) in [5.74, 6) is 0.430. The molecule has 2 rings (SSSR count). The van der Waals surface area contributed by atoms with Crippen LogP contribution in [0, 0.1) is 5.92 Å². The third-order valence-corrected chi connectivity index (χ3v) is 3.64. The van der Waals surface area contributed by atoms with Crippen LogP contribution in [0.15, 0.2) is 30.3 Å². The molecule has 1 amide bonds. The maximum Gasteiger partial charge on any atom is 0.255 e. The molecular weight excluding hydrogens is 286 g/mol. The van der Waals surface area contributed by atoms with Gasteiger partial charge in [-0.15, -0.1) is 0 Å². The Morgan fingerprint density at radius 2 is 1.83 bits per heavy atom. The molecule has 1 heterocycles. The van der Waals surface area contributed by atoms with Crippen molar-refractivity contribution in [3.8, 4) is 5.69 Å². The Kier molecular flexibility index (Phi) is 5.59. The maximum atomic E-state index is 12.7. The van der Waals surface area contributed by atoms with Crippen LogP contribution < -0.4 is 5.32 Å². The molecule has 0 saturated heterocycles. The molecule has 1 aromatic heterocycles. The number of aromatic nitrogens is 2. The van der Waals surface area contributed by atoms with E-state index in [0.717, 1.165) is 35.5 Å². The molecule has 2 aromatic rings. The summed E-state index contributed by atoms with van der Waals surface area (Å²) in [4.78, 5) is 12.7. The number of para-hydroxylation sites is 1. The minimum Gasteiger partial charge on any atom is -0.350 e. The second kappa shape index (κ2) is 7.44. The lowest BCUT2D eigenvalue weighted by atomic mass is 10.0. The fraction of sp³-hybridized carbons (Fsp3) is 0.474. The molecule has 23 heavy (non-hydrogen) atoms. The fourth-order valence-corrected chi connectivity index (χ4v) is 2.74. The summed E-state index contributed by atoms with van der Waals surface area (Å²) in [6, 6.07) is 10.1. The number of nitrogens with zero attached hydrogens (tertiary/aromatic N) is 2. The van der Waals surface area contributed by atoms with Gasteiger partial charge in [-0.3, -0.25) is 4.79 Å². The largest absolute Gasteiger partial charge is 0.350 e. The predicted molar refractivity (Wildman–Crippen MR) is 94.1 cm³/mol. The van der Waals surface area contributed by atoms with Crippen LogP contribution in [0.5, 0.6) is 0 Å². The molecule has 4 heteroatoms. The third-order valence-electron chi connectivity index (χ3n) is 3.64. The van der Waals surface area contributed by atoms with Crippen LogP contribution in [-0.2, 0) is 12.8 Å². The van der Waals surface area contributed by atoms with Crippen LogP contribution in [0.4, 0.5) is 0 Å². The molecule has 1 N–H and O–H groups in total. The molecule has 0 spiro atoms. The Morgan fingerprint density at radius 3 is 2.35 bits per heavy atom. The monoisotopic (exact) mass is 313 g/mol. The quantitative estimate of drug-likeness (QED) is 0.882. The summed E-state index contributed by atoms with van der Waals surface area (Å²) in [7, 11) is 0. The predicted octanol–water partition coefficient (Wildman–Crippen LogP) is 3.77. The van der Waals surface area contributed by atoms with Crippen LogP contribution >= 0.6 is 0 Å². The number of hydrogen-bond donors (Lipinski definition) is 1. The van der Waals surface area contributed by atoms with E-state index < -0.39 is 0 Å². The van der Waals surface area contributed by atoms with Crippen molar-refractivity contribution < 1.29 is 4.79 Å². The third kappa shape index (κ3) is 4.01. The van der Waals surface area contributed by atoms with Gasteiger partial charge in [-0.25, -0.2) is 4.68 Å². The lowest BCUT2D eigenvalue weighted by Gasteiger charge is -2.11. The fourth-order valence-electron chi connectivity index (χ4n) is 2.74. The van der Waals surface area contributed by atoms with E-state index in [1.54, 1.807) is 0 Å². The Morgan fingerprint density at radius 1 is 1.17 bits per heavy atom. The molecule has 0 radical (unpaired) electrons. The van der Waals surface area contributed by atoms with Gasteiger partial charge in [0.25, 0.3) is 5.91 Å². The van der Waals surface area contributed by atoms with E-state index in [1.807, 2.05) is 48.9 Å². The Hall–Kier alpha value is -2.10. The highest BCUT2D eigenvalue weighted by molar-refractivity contribution is 5.96. The van der Waals surface area contributed by atoms with Crippen LogP contribution in [0.2, 0.25) is 0 Å². The maximum absolute atomic E-state index is 12.7. The molecule has 0 bridgehead atoms. The first-order chi connectivity index (χ1) is 10.9. The second-order valence-corrected chi connectivity index (χ2v) is 6.60. The van der Waals surface area contributed by atoms with Crippen molar-refractivity contribution in [3.05, 3.63) is 47.3 Å². The van der Waals surface area contributed by atoms with Crippen molar-refractivity contribution in [3.63, 3.8) is 0 Å². The van der Waals surface area contributed by atoms with Gasteiger partial charge in [0.2, 0.25) is 0 Å². The minimum atomic E-state index is -0.0188. The van der Waals surface area contributed by atoms with E-state index >= 15 is 0 Å². The van der Waals surface area contributed by atoms with Crippen molar-refractivity contribution in [2.45, 2.75) is 53.5 Å². The second-order valence-electron chi connectivity index (χ2n) is 6.60. The van der Waals surface area contributed by atoms with Crippen LogP contribution in [0.25, 0.3) is 5.69 Å². The van der Waals surface area contributed by atoms with Gasteiger partial charge in [-0.1, -0.05) is 39.0 Å². The summed E-state index contributed by atoms with van der Waals surface area (Å²) in [5.41, 5.74) is 3.61. The minimum absolute atomic E-state index is 0.0188. The average molecular weight is 313 g/mol. The van der Waals surface area contributed by atoms with Crippen LogP contribution in [-0.4, -0.2) is 21.7 Å². The smallest absolute Gasteiger partial charge is 0.255 e. The zero-order valence-corrected chi connectivity index (χ0v) is 14.8.